The number of nitrogens with one attached hydrogen (secondary N) is 1. The summed E-state index contributed by atoms with van der Waals surface area (Å²) < 4.78 is 0. The SMILES string of the molecule is CC(NO)C(N)C1CCCCCCCC1. The Morgan fingerprint density at radius 3 is 2.00 bits per heavy atom. The van der Waals surface area contributed by atoms with E-state index in [2.05, 4.69) is 5.48 Å². The molecule has 0 saturated heterocycles. The fourth-order valence-corrected chi connectivity index (χ4v) is 2.54. The fourth-order valence-electron chi connectivity index (χ4n) is 2.54. The van der Waals surface area contributed by atoms with E-state index in [0.29, 0.717) is 5.92 Å². The lowest BCUT2D eigenvalue weighted by Crippen LogP contribution is -2.46. The van der Waals surface area contributed by atoms with Crippen LogP contribution < -0.4 is 11.2 Å². The molecule has 1 rings (SSSR count). The van der Waals surface area contributed by atoms with Crippen LogP contribution in [0, 0.1) is 5.92 Å². The van der Waals surface area contributed by atoms with E-state index in [9.17, 15) is 0 Å². The normalized spacial score (nSPS) is 25.0. The van der Waals surface area contributed by atoms with Crippen LogP contribution in [-0.4, -0.2) is 17.3 Å². The monoisotopic (exact) mass is 214 g/mol. The lowest BCUT2D eigenvalue weighted by Gasteiger charge is -2.27. The van der Waals surface area contributed by atoms with Crippen molar-refractivity contribution >= 4 is 0 Å². The molecular weight excluding hydrogens is 188 g/mol. The Labute approximate surface area is 93.4 Å². The standard InChI is InChI=1S/C12H26N2O/c1-10(14-15)12(13)11-8-6-4-2-3-5-7-9-11/h10-12,14-15H,2-9,13H2,1H3. The second-order valence-electron chi connectivity index (χ2n) is 4.95. The minimum atomic E-state index is 0.00996. The molecule has 1 saturated carbocycles. The van der Waals surface area contributed by atoms with Crippen LogP contribution in [0.5, 0.6) is 0 Å². The number of nitrogens with two attached hydrogens (primary N) is 1. The van der Waals surface area contributed by atoms with Crippen molar-refractivity contribution < 1.29 is 5.21 Å². The molecule has 0 aromatic heterocycles. The average molecular weight is 214 g/mol. The molecule has 1 fully saturated rings. The molecule has 3 nitrogen and oxygen atoms in total. The van der Waals surface area contributed by atoms with Crippen molar-refractivity contribution in [2.24, 2.45) is 11.7 Å². The van der Waals surface area contributed by atoms with Crippen molar-refractivity contribution in [1.82, 2.24) is 5.48 Å². The van der Waals surface area contributed by atoms with Gasteiger partial charge in [0.2, 0.25) is 0 Å². The molecule has 0 bridgehead atoms. The van der Waals surface area contributed by atoms with Gasteiger partial charge in [0.1, 0.15) is 0 Å². The Morgan fingerprint density at radius 2 is 1.53 bits per heavy atom. The van der Waals surface area contributed by atoms with Crippen molar-refractivity contribution in [3.05, 3.63) is 0 Å². The van der Waals surface area contributed by atoms with Crippen molar-refractivity contribution in [1.29, 1.82) is 0 Å². The Bertz CT molecular complexity index is 154. The molecule has 0 spiro atoms. The molecule has 1 aliphatic rings. The number of hydroxylamine groups is 1. The Hall–Kier alpha value is -0.120. The topological polar surface area (TPSA) is 58.3 Å². The molecule has 3 heteroatoms. The van der Waals surface area contributed by atoms with Crippen molar-refractivity contribution in [3.63, 3.8) is 0 Å². The second kappa shape index (κ2) is 7.20. The lowest BCUT2D eigenvalue weighted by molar-refractivity contribution is 0.106. The zero-order valence-electron chi connectivity index (χ0n) is 9.91. The zero-order valence-corrected chi connectivity index (χ0v) is 9.91. The minimum absolute atomic E-state index is 0.00996. The first kappa shape index (κ1) is 12.9. The third kappa shape index (κ3) is 4.49. The Morgan fingerprint density at radius 1 is 1.07 bits per heavy atom. The molecule has 90 valence electrons. The highest BCUT2D eigenvalue weighted by molar-refractivity contribution is 4.81. The summed E-state index contributed by atoms with van der Waals surface area (Å²) >= 11 is 0. The molecule has 0 radical (unpaired) electrons. The largest absolute Gasteiger partial charge is 0.326 e. The van der Waals surface area contributed by atoms with Crippen LogP contribution in [0.2, 0.25) is 0 Å². The molecule has 4 N–H and O–H groups in total. The third-order valence-electron chi connectivity index (χ3n) is 3.73. The number of hydrogen-bond acceptors (Lipinski definition) is 3. The van der Waals surface area contributed by atoms with Gasteiger partial charge in [-0.25, -0.2) is 5.48 Å². The second-order valence-corrected chi connectivity index (χ2v) is 4.95. The van der Waals surface area contributed by atoms with Gasteiger partial charge in [-0.3, -0.25) is 0 Å². The smallest absolute Gasteiger partial charge is 0.0445 e. The van der Waals surface area contributed by atoms with Crippen LogP contribution in [0.25, 0.3) is 0 Å². The van der Waals surface area contributed by atoms with E-state index in [1.807, 2.05) is 6.92 Å². The quantitative estimate of drug-likeness (QED) is 0.632. The van der Waals surface area contributed by atoms with Gasteiger partial charge in [0.25, 0.3) is 0 Å². The van der Waals surface area contributed by atoms with Gasteiger partial charge in [0, 0.05) is 12.1 Å². The van der Waals surface area contributed by atoms with Gasteiger partial charge in [-0.15, -0.1) is 0 Å². The molecule has 0 amide bonds. The summed E-state index contributed by atoms with van der Waals surface area (Å²) in [4.78, 5) is 0. The minimum Gasteiger partial charge on any atom is -0.326 e. The molecule has 0 aliphatic heterocycles. The van der Waals surface area contributed by atoms with Crippen molar-refractivity contribution in [2.75, 3.05) is 0 Å². The van der Waals surface area contributed by atoms with E-state index >= 15 is 0 Å². The van der Waals surface area contributed by atoms with Crippen molar-refractivity contribution in [3.8, 4) is 0 Å². The summed E-state index contributed by atoms with van der Waals surface area (Å²) in [5.41, 5.74) is 8.44. The maximum Gasteiger partial charge on any atom is 0.0445 e. The zero-order chi connectivity index (χ0) is 11.1. The third-order valence-corrected chi connectivity index (χ3v) is 3.73. The first-order valence-electron chi connectivity index (χ1n) is 6.41. The highest BCUT2D eigenvalue weighted by atomic mass is 16.5. The van der Waals surface area contributed by atoms with E-state index in [0.717, 1.165) is 0 Å². The summed E-state index contributed by atoms with van der Waals surface area (Å²) in [6.45, 7) is 1.96. The molecule has 0 aromatic rings. The summed E-state index contributed by atoms with van der Waals surface area (Å²) in [6.07, 6.45) is 10.5. The summed E-state index contributed by atoms with van der Waals surface area (Å²) in [5.74, 6) is 0.581. The van der Waals surface area contributed by atoms with E-state index in [-0.39, 0.29) is 12.1 Å². The molecule has 2 unspecified atom stereocenters. The molecule has 15 heavy (non-hydrogen) atoms. The van der Waals surface area contributed by atoms with Crippen LogP contribution in [0.1, 0.15) is 58.3 Å². The first-order chi connectivity index (χ1) is 7.25. The van der Waals surface area contributed by atoms with Crippen LogP contribution in [0.3, 0.4) is 0 Å². The predicted molar refractivity (Wildman–Crippen MR) is 62.8 cm³/mol. The molecular formula is C12H26N2O. The van der Waals surface area contributed by atoms with E-state index < -0.39 is 0 Å². The van der Waals surface area contributed by atoms with Gasteiger partial charge in [-0.05, 0) is 25.7 Å². The van der Waals surface area contributed by atoms with E-state index in [1.165, 1.54) is 51.4 Å². The number of hydrogen-bond donors (Lipinski definition) is 3. The van der Waals surface area contributed by atoms with Crippen LogP contribution in [0.15, 0.2) is 0 Å². The summed E-state index contributed by atoms with van der Waals surface area (Å²) in [7, 11) is 0. The molecule has 2 atom stereocenters. The predicted octanol–water partition coefficient (Wildman–Crippen LogP) is 2.43. The summed E-state index contributed by atoms with van der Waals surface area (Å²) in [5, 5.41) is 8.89. The Balaban J connectivity index is 2.41. The average Bonchev–Trinajstić information content (AvgIpc) is 2.40. The van der Waals surface area contributed by atoms with E-state index in [4.69, 9.17) is 10.9 Å². The van der Waals surface area contributed by atoms with Crippen molar-refractivity contribution in [2.45, 2.75) is 70.4 Å². The van der Waals surface area contributed by atoms with E-state index in [1.54, 1.807) is 0 Å². The van der Waals surface area contributed by atoms with Gasteiger partial charge in [0.15, 0.2) is 0 Å². The van der Waals surface area contributed by atoms with Gasteiger partial charge < -0.3 is 10.9 Å². The highest BCUT2D eigenvalue weighted by Crippen LogP contribution is 2.24. The highest BCUT2D eigenvalue weighted by Gasteiger charge is 2.22. The summed E-state index contributed by atoms with van der Waals surface area (Å²) in [6, 6.07) is 0.101. The van der Waals surface area contributed by atoms with Gasteiger partial charge in [0.05, 0.1) is 0 Å². The van der Waals surface area contributed by atoms with Gasteiger partial charge in [-0.2, -0.15) is 0 Å². The molecule has 0 aromatic carbocycles. The van der Waals surface area contributed by atoms with Gasteiger partial charge >= 0.3 is 0 Å². The first-order valence-corrected chi connectivity index (χ1v) is 6.41. The number of rotatable bonds is 3. The molecule has 0 heterocycles. The maximum atomic E-state index is 8.89. The van der Waals surface area contributed by atoms with Crippen LogP contribution in [0.4, 0.5) is 0 Å². The molecule has 1 aliphatic carbocycles. The van der Waals surface area contributed by atoms with Crippen LogP contribution >= 0.6 is 0 Å². The lowest BCUT2D eigenvalue weighted by atomic mass is 9.87. The Kier molecular flexibility index (Phi) is 6.22. The maximum absolute atomic E-state index is 8.89. The fraction of sp³-hybridized carbons (Fsp3) is 1.00. The van der Waals surface area contributed by atoms with Gasteiger partial charge in [-0.1, -0.05) is 38.5 Å². The van der Waals surface area contributed by atoms with Crippen LogP contribution in [-0.2, 0) is 0 Å².